The molecule has 0 bridgehead atoms. The number of halogens is 1. The van der Waals surface area contributed by atoms with Crippen molar-refractivity contribution in [2.75, 3.05) is 6.54 Å². The summed E-state index contributed by atoms with van der Waals surface area (Å²) in [6.07, 6.45) is 3.50. The van der Waals surface area contributed by atoms with Gasteiger partial charge in [-0.15, -0.1) is 0 Å². The van der Waals surface area contributed by atoms with Crippen LogP contribution in [0, 0.1) is 11.7 Å². The summed E-state index contributed by atoms with van der Waals surface area (Å²) in [4.78, 5) is 14.4. The van der Waals surface area contributed by atoms with E-state index in [-0.39, 0.29) is 11.7 Å². The Balaban J connectivity index is 2.11. The summed E-state index contributed by atoms with van der Waals surface area (Å²) >= 11 is 0. The van der Waals surface area contributed by atoms with Gasteiger partial charge in [-0.25, -0.2) is 4.39 Å². The molecule has 1 amide bonds. The molecule has 0 aliphatic rings. The normalized spacial score (nSPS) is 11.0. The molecule has 2 rings (SSSR count). The third-order valence-corrected chi connectivity index (χ3v) is 3.95. The number of amides is 1. The van der Waals surface area contributed by atoms with E-state index in [9.17, 15) is 9.18 Å². The molecule has 0 aliphatic carbocycles. The Bertz CT molecular complexity index is 663. The lowest BCUT2D eigenvalue weighted by atomic mass is 10.1. The molecule has 0 spiro atoms. The maximum atomic E-state index is 13.4. The Kier molecular flexibility index (Phi) is 6.59. The predicted octanol–water partition coefficient (Wildman–Crippen LogP) is 4.46. The SMILES string of the molecule is CCCN(Cc1cccn1Cc1cccc(F)c1)C(=O)CC(C)C. The highest BCUT2D eigenvalue weighted by Gasteiger charge is 2.16. The Morgan fingerprint density at radius 2 is 2.04 bits per heavy atom. The van der Waals surface area contributed by atoms with Crippen molar-refractivity contribution < 1.29 is 9.18 Å². The van der Waals surface area contributed by atoms with Crippen LogP contribution >= 0.6 is 0 Å². The summed E-state index contributed by atoms with van der Waals surface area (Å²) in [6, 6.07) is 10.7. The quantitative estimate of drug-likeness (QED) is 0.701. The fourth-order valence-corrected chi connectivity index (χ4v) is 2.82. The highest BCUT2D eigenvalue weighted by atomic mass is 19.1. The van der Waals surface area contributed by atoms with E-state index in [2.05, 4.69) is 25.3 Å². The van der Waals surface area contributed by atoms with Gasteiger partial charge in [0.2, 0.25) is 5.91 Å². The second-order valence-electron chi connectivity index (χ2n) is 6.67. The molecular weight excluding hydrogens is 303 g/mol. The van der Waals surface area contributed by atoms with Crippen molar-refractivity contribution in [1.82, 2.24) is 9.47 Å². The van der Waals surface area contributed by atoms with Gasteiger partial charge in [0.25, 0.3) is 0 Å². The van der Waals surface area contributed by atoms with Crippen LogP contribution < -0.4 is 0 Å². The third kappa shape index (κ3) is 5.22. The van der Waals surface area contributed by atoms with Crippen LogP contribution in [0.5, 0.6) is 0 Å². The van der Waals surface area contributed by atoms with E-state index < -0.39 is 0 Å². The van der Waals surface area contributed by atoms with E-state index in [1.54, 1.807) is 12.1 Å². The number of carbonyl (C=O) groups excluding carboxylic acids is 1. The van der Waals surface area contributed by atoms with Crippen molar-refractivity contribution in [3.63, 3.8) is 0 Å². The average molecular weight is 330 g/mol. The van der Waals surface area contributed by atoms with Gasteiger partial charge in [0, 0.05) is 31.4 Å². The summed E-state index contributed by atoms with van der Waals surface area (Å²) < 4.78 is 15.5. The number of rotatable bonds is 8. The lowest BCUT2D eigenvalue weighted by molar-refractivity contribution is -0.132. The Labute approximate surface area is 144 Å². The van der Waals surface area contributed by atoms with Crippen LogP contribution in [0.2, 0.25) is 0 Å². The van der Waals surface area contributed by atoms with Gasteiger partial charge in [0.15, 0.2) is 0 Å². The number of nitrogens with zero attached hydrogens (tertiary/aromatic N) is 2. The maximum absolute atomic E-state index is 13.4. The molecule has 1 aromatic heterocycles. The molecule has 0 saturated heterocycles. The van der Waals surface area contributed by atoms with Crippen LogP contribution in [0.4, 0.5) is 4.39 Å². The first-order valence-corrected chi connectivity index (χ1v) is 8.65. The van der Waals surface area contributed by atoms with Crippen molar-refractivity contribution in [3.05, 3.63) is 59.7 Å². The van der Waals surface area contributed by atoms with Gasteiger partial charge in [0.1, 0.15) is 5.82 Å². The average Bonchev–Trinajstić information content (AvgIpc) is 2.93. The molecule has 130 valence electrons. The van der Waals surface area contributed by atoms with E-state index in [4.69, 9.17) is 0 Å². The van der Waals surface area contributed by atoms with Crippen LogP contribution in [-0.2, 0) is 17.9 Å². The molecule has 0 atom stereocenters. The third-order valence-electron chi connectivity index (χ3n) is 3.95. The summed E-state index contributed by atoms with van der Waals surface area (Å²) in [5.41, 5.74) is 1.99. The van der Waals surface area contributed by atoms with E-state index in [1.807, 2.05) is 29.3 Å². The summed E-state index contributed by atoms with van der Waals surface area (Å²) in [5.74, 6) is 0.335. The van der Waals surface area contributed by atoms with Gasteiger partial charge in [-0.3, -0.25) is 4.79 Å². The maximum Gasteiger partial charge on any atom is 0.223 e. The van der Waals surface area contributed by atoms with Gasteiger partial charge in [-0.05, 0) is 42.2 Å². The van der Waals surface area contributed by atoms with Crippen molar-refractivity contribution in [3.8, 4) is 0 Å². The highest BCUT2D eigenvalue weighted by molar-refractivity contribution is 5.76. The van der Waals surface area contributed by atoms with Crippen LogP contribution in [0.3, 0.4) is 0 Å². The van der Waals surface area contributed by atoms with Crippen LogP contribution in [-0.4, -0.2) is 21.9 Å². The predicted molar refractivity (Wildman–Crippen MR) is 95.1 cm³/mol. The Hall–Kier alpha value is -2.10. The molecule has 4 heteroatoms. The number of benzene rings is 1. The van der Waals surface area contributed by atoms with Gasteiger partial charge in [-0.1, -0.05) is 32.9 Å². The van der Waals surface area contributed by atoms with Gasteiger partial charge < -0.3 is 9.47 Å². The van der Waals surface area contributed by atoms with E-state index in [0.29, 0.717) is 25.4 Å². The molecule has 2 aromatic rings. The molecule has 0 radical (unpaired) electrons. The molecule has 0 aliphatic heterocycles. The highest BCUT2D eigenvalue weighted by Crippen LogP contribution is 2.14. The van der Waals surface area contributed by atoms with Crippen molar-refractivity contribution in [1.29, 1.82) is 0 Å². The number of aromatic nitrogens is 1. The van der Waals surface area contributed by atoms with E-state index in [0.717, 1.165) is 24.2 Å². The first-order chi connectivity index (χ1) is 11.5. The molecule has 0 N–H and O–H groups in total. The monoisotopic (exact) mass is 330 g/mol. The van der Waals surface area contributed by atoms with Crippen LogP contribution in [0.1, 0.15) is 44.9 Å². The van der Waals surface area contributed by atoms with Crippen molar-refractivity contribution in [2.45, 2.75) is 46.7 Å². The second kappa shape index (κ2) is 8.67. The number of hydrogen-bond acceptors (Lipinski definition) is 1. The van der Waals surface area contributed by atoms with Crippen molar-refractivity contribution in [2.24, 2.45) is 5.92 Å². The van der Waals surface area contributed by atoms with Crippen molar-refractivity contribution >= 4 is 5.91 Å². The fraction of sp³-hybridized carbons (Fsp3) is 0.450. The van der Waals surface area contributed by atoms with Gasteiger partial charge in [0.05, 0.1) is 6.54 Å². The van der Waals surface area contributed by atoms with Crippen LogP contribution in [0.15, 0.2) is 42.6 Å². The summed E-state index contributed by atoms with van der Waals surface area (Å²) in [7, 11) is 0. The number of hydrogen-bond donors (Lipinski definition) is 0. The minimum atomic E-state index is -0.221. The Morgan fingerprint density at radius 3 is 2.71 bits per heavy atom. The second-order valence-corrected chi connectivity index (χ2v) is 6.67. The minimum absolute atomic E-state index is 0.199. The lowest BCUT2D eigenvalue weighted by Crippen LogP contribution is -2.32. The van der Waals surface area contributed by atoms with Crippen LogP contribution in [0.25, 0.3) is 0 Å². The lowest BCUT2D eigenvalue weighted by Gasteiger charge is -2.24. The minimum Gasteiger partial charge on any atom is -0.345 e. The zero-order chi connectivity index (χ0) is 17.5. The molecule has 1 aromatic carbocycles. The number of carbonyl (C=O) groups is 1. The topological polar surface area (TPSA) is 25.2 Å². The molecule has 0 unspecified atom stereocenters. The zero-order valence-corrected chi connectivity index (χ0v) is 14.8. The molecule has 1 heterocycles. The molecule has 24 heavy (non-hydrogen) atoms. The molecular formula is C20H27FN2O. The zero-order valence-electron chi connectivity index (χ0n) is 14.8. The Morgan fingerprint density at radius 1 is 1.25 bits per heavy atom. The summed E-state index contributed by atoms with van der Waals surface area (Å²) in [5, 5.41) is 0. The fourth-order valence-electron chi connectivity index (χ4n) is 2.82. The molecule has 3 nitrogen and oxygen atoms in total. The van der Waals surface area contributed by atoms with Gasteiger partial charge in [-0.2, -0.15) is 0 Å². The first-order valence-electron chi connectivity index (χ1n) is 8.65. The standard InChI is InChI=1S/C20H27FN2O/c1-4-10-23(20(24)12-16(2)3)15-19-9-6-11-22(19)14-17-7-5-8-18(21)13-17/h5-9,11,13,16H,4,10,12,14-15H2,1-3H3. The smallest absolute Gasteiger partial charge is 0.223 e. The van der Waals surface area contributed by atoms with E-state index >= 15 is 0 Å². The summed E-state index contributed by atoms with van der Waals surface area (Å²) in [6.45, 7) is 8.18. The molecule has 0 fully saturated rings. The first kappa shape index (κ1) is 18.2. The molecule has 0 saturated carbocycles. The van der Waals surface area contributed by atoms with E-state index in [1.165, 1.54) is 6.07 Å². The van der Waals surface area contributed by atoms with Gasteiger partial charge >= 0.3 is 0 Å². The largest absolute Gasteiger partial charge is 0.345 e.